The minimum Gasteiger partial charge on any atom is -0.481 e. The number of allylic oxidation sites excluding steroid dienone is 12. The highest BCUT2D eigenvalue weighted by molar-refractivity contribution is 5.69. The van der Waals surface area contributed by atoms with Gasteiger partial charge in [-0.15, -0.1) is 0 Å². The topological polar surface area (TPSA) is 63.6 Å². The van der Waals surface area contributed by atoms with E-state index in [9.17, 15) is 9.59 Å². The molecule has 4 heteroatoms. The first-order chi connectivity index (χ1) is 24.6. The molecule has 0 aliphatic carbocycles. The standard InChI is InChI=1S/C46H78O4/c1-3-5-7-9-11-13-15-16-17-18-19-20-21-22-24-26-31-35-39-43-46(49)50-44(41-37-33-29-27-30-34-38-42-45(47)48)40-36-32-28-25-23-14-12-10-8-6-4-2/h5,7,11,13,16-17,19-20,22,24,31,35,44H,3-4,6,8-10,12,14-15,18,21,23,25-30,32-34,36-43H2,1-2H3,(H,47,48)/b7-5-,13-11-,17-16-,20-19-,24-22-,35-31-. The predicted molar refractivity (Wildman–Crippen MR) is 218 cm³/mol. The Labute approximate surface area is 309 Å². The van der Waals surface area contributed by atoms with E-state index in [4.69, 9.17) is 9.84 Å². The van der Waals surface area contributed by atoms with Gasteiger partial charge in [0.05, 0.1) is 0 Å². The smallest absolute Gasteiger partial charge is 0.306 e. The van der Waals surface area contributed by atoms with Gasteiger partial charge in [0, 0.05) is 12.8 Å². The average molecular weight is 695 g/mol. The Morgan fingerprint density at radius 1 is 0.460 bits per heavy atom. The number of carbonyl (C=O) groups is 2. The number of carboxylic acid groups (broad SMARTS) is 1. The van der Waals surface area contributed by atoms with Crippen molar-refractivity contribution in [1.82, 2.24) is 0 Å². The zero-order valence-corrected chi connectivity index (χ0v) is 32.7. The van der Waals surface area contributed by atoms with Crippen molar-refractivity contribution in [3.8, 4) is 0 Å². The number of esters is 1. The quantitative estimate of drug-likeness (QED) is 0.0399. The summed E-state index contributed by atoms with van der Waals surface area (Å²) in [4.78, 5) is 23.4. The van der Waals surface area contributed by atoms with Crippen LogP contribution in [0.3, 0.4) is 0 Å². The van der Waals surface area contributed by atoms with Gasteiger partial charge in [-0.2, -0.15) is 0 Å². The molecule has 4 nitrogen and oxygen atoms in total. The van der Waals surface area contributed by atoms with E-state index in [0.717, 1.165) is 103 Å². The minimum atomic E-state index is -0.694. The third-order valence-electron chi connectivity index (χ3n) is 8.96. The Morgan fingerprint density at radius 3 is 1.22 bits per heavy atom. The third-order valence-corrected chi connectivity index (χ3v) is 8.96. The highest BCUT2D eigenvalue weighted by atomic mass is 16.5. The van der Waals surface area contributed by atoms with Crippen LogP contribution in [0, 0.1) is 0 Å². The molecule has 0 saturated carbocycles. The molecular weight excluding hydrogens is 617 g/mol. The second-order valence-electron chi connectivity index (χ2n) is 13.8. The zero-order chi connectivity index (χ0) is 36.4. The van der Waals surface area contributed by atoms with Crippen molar-refractivity contribution in [2.45, 2.75) is 206 Å². The molecule has 0 bridgehead atoms. The first-order valence-corrected chi connectivity index (χ1v) is 20.9. The monoisotopic (exact) mass is 695 g/mol. The van der Waals surface area contributed by atoms with Crippen molar-refractivity contribution in [2.75, 3.05) is 0 Å². The van der Waals surface area contributed by atoms with E-state index in [1.54, 1.807) is 0 Å². The summed E-state index contributed by atoms with van der Waals surface area (Å²) in [6, 6.07) is 0. The molecule has 0 aliphatic rings. The van der Waals surface area contributed by atoms with E-state index < -0.39 is 5.97 Å². The molecule has 0 aromatic carbocycles. The molecule has 0 rings (SSSR count). The van der Waals surface area contributed by atoms with E-state index >= 15 is 0 Å². The Balaban J connectivity index is 4.22. The van der Waals surface area contributed by atoms with Crippen LogP contribution < -0.4 is 0 Å². The summed E-state index contributed by atoms with van der Waals surface area (Å²) in [5.74, 6) is -0.753. The van der Waals surface area contributed by atoms with Gasteiger partial charge in [0.15, 0.2) is 0 Å². The summed E-state index contributed by atoms with van der Waals surface area (Å²) in [5.41, 5.74) is 0. The molecule has 50 heavy (non-hydrogen) atoms. The van der Waals surface area contributed by atoms with Crippen LogP contribution in [0.1, 0.15) is 200 Å². The summed E-state index contributed by atoms with van der Waals surface area (Å²) < 4.78 is 6.00. The summed E-state index contributed by atoms with van der Waals surface area (Å²) in [6.45, 7) is 4.43. The summed E-state index contributed by atoms with van der Waals surface area (Å²) in [7, 11) is 0. The molecule has 0 spiro atoms. The molecule has 286 valence electrons. The highest BCUT2D eigenvalue weighted by Gasteiger charge is 2.14. The predicted octanol–water partition coefficient (Wildman–Crippen LogP) is 14.7. The van der Waals surface area contributed by atoms with Crippen molar-refractivity contribution in [1.29, 1.82) is 0 Å². The number of carboxylic acids is 1. The van der Waals surface area contributed by atoms with Crippen LogP contribution in [0.25, 0.3) is 0 Å². The van der Waals surface area contributed by atoms with Gasteiger partial charge < -0.3 is 9.84 Å². The number of rotatable bonds is 37. The lowest BCUT2D eigenvalue weighted by Gasteiger charge is -2.18. The van der Waals surface area contributed by atoms with Gasteiger partial charge in [-0.25, -0.2) is 0 Å². The first kappa shape index (κ1) is 47.4. The lowest BCUT2D eigenvalue weighted by Crippen LogP contribution is -2.18. The van der Waals surface area contributed by atoms with Crippen LogP contribution in [0.5, 0.6) is 0 Å². The van der Waals surface area contributed by atoms with E-state index in [1.165, 1.54) is 70.6 Å². The molecular formula is C46H78O4. The number of unbranched alkanes of at least 4 members (excludes halogenated alkanes) is 16. The van der Waals surface area contributed by atoms with Crippen molar-refractivity contribution in [2.24, 2.45) is 0 Å². The van der Waals surface area contributed by atoms with Crippen molar-refractivity contribution >= 4 is 11.9 Å². The maximum Gasteiger partial charge on any atom is 0.306 e. The van der Waals surface area contributed by atoms with Crippen molar-refractivity contribution in [3.05, 3.63) is 72.9 Å². The van der Waals surface area contributed by atoms with Gasteiger partial charge in [0.25, 0.3) is 0 Å². The highest BCUT2D eigenvalue weighted by Crippen LogP contribution is 2.19. The summed E-state index contributed by atoms with van der Waals surface area (Å²) >= 11 is 0. The average Bonchev–Trinajstić information content (AvgIpc) is 3.10. The SMILES string of the molecule is CC/C=C\C/C=C\C/C=C\C/C=C\C/C=C\C/C=C\CCC(=O)OC(CCCCCCCCCCCCC)CCCCCCCCCC(=O)O. The lowest BCUT2D eigenvalue weighted by molar-refractivity contribution is -0.149. The first-order valence-electron chi connectivity index (χ1n) is 20.9. The molecule has 0 amide bonds. The van der Waals surface area contributed by atoms with Gasteiger partial charge >= 0.3 is 11.9 Å². The molecule has 0 aromatic heterocycles. The van der Waals surface area contributed by atoms with Crippen LogP contribution >= 0.6 is 0 Å². The van der Waals surface area contributed by atoms with Gasteiger partial charge in [-0.1, -0.05) is 183 Å². The Hall–Kier alpha value is -2.62. The van der Waals surface area contributed by atoms with Crippen LogP contribution in [-0.4, -0.2) is 23.1 Å². The summed E-state index contributed by atoms with van der Waals surface area (Å²) in [6.07, 6.45) is 57.9. The Morgan fingerprint density at radius 2 is 0.820 bits per heavy atom. The fraction of sp³-hybridized carbons (Fsp3) is 0.696. The molecule has 0 aliphatic heterocycles. The number of carbonyl (C=O) groups excluding carboxylic acids is 1. The van der Waals surface area contributed by atoms with Crippen molar-refractivity contribution < 1.29 is 19.4 Å². The molecule has 0 heterocycles. The molecule has 1 N–H and O–H groups in total. The van der Waals surface area contributed by atoms with Gasteiger partial charge in [0.2, 0.25) is 0 Å². The molecule has 0 aromatic rings. The van der Waals surface area contributed by atoms with E-state index in [1.807, 2.05) is 0 Å². The van der Waals surface area contributed by atoms with Crippen LogP contribution in [0.15, 0.2) is 72.9 Å². The fourth-order valence-corrected chi connectivity index (χ4v) is 5.92. The Kier molecular flexibility index (Phi) is 38.7. The van der Waals surface area contributed by atoms with E-state index in [0.29, 0.717) is 6.42 Å². The maximum atomic E-state index is 12.7. The Bertz CT molecular complexity index is 922. The number of aliphatic carboxylic acids is 1. The zero-order valence-electron chi connectivity index (χ0n) is 32.7. The van der Waals surface area contributed by atoms with E-state index in [-0.39, 0.29) is 18.5 Å². The lowest BCUT2D eigenvalue weighted by atomic mass is 10.0. The second-order valence-corrected chi connectivity index (χ2v) is 13.8. The molecule has 0 fully saturated rings. The minimum absolute atomic E-state index is 0.0434. The van der Waals surface area contributed by atoms with Gasteiger partial charge in [-0.3, -0.25) is 9.59 Å². The van der Waals surface area contributed by atoms with Crippen LogP contribution in [-0.2, 0) is 14.3 Å². The van der Waals surface area contributed by atoms with Gasteiger partial charge in [-0.05, 0) is 77.0 Å². The maximum absolute atomic E-state index is 12.7. The fourth-order valence-electron chi connectivity index (χ4n) is 5.92. The molecule has 1 unspecified atom stereocenters. The third kappa shape index (κ3) is 39.8. The number of hydrogen-bond donors (Lipinski definition) is 1. The molecule has 1 atom stereocenters. The number of ether oxygens (including phenoxy) is 1. The second kappa shape index (κ2) is 40.8. The van der Waals surface area contributed by atoms with Gasteiger partial charge in [0.1, 0.15) is 6.10 Å². The molecule has 0 saturated heterocycles. The van der Waals surface area contributed by atoms with Crippen LogP contribution in [0.4, 0.5) is 0 Å². The summed E-state index contributed by atoms with van der Waals surface area (Å²) in [5, 5.41) is 8.78. The largest absolute Gasteiger partial charge is 0.481 e. The van der Waals surface area contributed by atoms with Crippen LogP contribution in [0.2, 0.25) is 0 Å². The molecule has 0 radical (unpaired) electrons. The van der Waals surface area contributed by atoms with E-state index in [2.05, 4.69) is 86.8 Å². The number of hydrogen-bond acceptors (Lipinski definition) is 3. The normalized spacial score (nSPS) is 13.0. The van der Waals surface area contributed by atoms with Crippen molar-refractivity contribution in [3.63, 3.8) is 0 Å².